The lowest BCUT2D eigenvalue weighted by atomic mass is 10.2. The minimum atomic E-state index is 0.639. The van der Waals surface area contributed by atoms with E-state index in [0.717, 1.165) is 25.1 Å². The fourth-order valence-electron chi connectivity index (χ4n) is 1.17. The molecule has 0 bridgehead atoms. The molecule has 0 aliphatic heterocycles. The van der Waals surface area contributed by atoms with E-state index in [0.29, 0.717) is 11.9 Å². The van der Waals surface area contributed by atoms with Gasteiger partial charge in [0.25, 0.3) is 0 Å². The first-order valence-corrected chi connectivity index (χ1v) is 5.27. The predicted octanol–water partition coefficient (Wildman–Crippen LogP) is 1.32. The van der Waals surface area contributed by atoms with E-state index in [1.54, 1.807) is 0 Å². The summed E-state index contributed by atoms with van der Waals surface area (Å²) >= 11 is 0. The number of hydrogen-bond donors (Lipinski definition) is 1. The van der Waals surface area contributed by atoms with Crippen molar-refractivity contribution in [1.29, 1.82) is 0 Å². The Balaban J connectivity index is 2.90. The zero-order valence-corrected chi connectivity index (χ0v) is 9.91. The highest BCUT2D eigenvalue weighted by Crippen LogP contribution is 2.09. The highest BCUT2D eigenvalue weighted by Gasteiger charge is 2.06. The number of anilines is 2. The summed E-state index contributed by atoms with van der Waals surface area (Å²) in [4.78, 5) is 14.8. The minimum Gasteiger partial charge on any atom is -0.357 e. The van der Waals surface area contributed by atoms with Crippen LogP contribution in [0.4, 0.5) is 11.9 Å². The second-order valence-corrected chi connectivity index (χ2v) is 3.62. The maximum absolute atomic E-state index is 4.38. The first kappa shape index (κ1) is 11.7. The largest absolute Gasteiger partial charge is 0.357 e. The zero-order valence-electron chi connectivity index (χ0n) is 9.91. The van der Waals surface area contributed by atoms with E-state index in [1.165, 1.54) is 0 Å². The fourth-order valence-corrected chi connectivity index (χ4v) is 1.17. The van der Waals surface area contributed by atoms with Gasteiger partial charge in [0.15, 0.2) is 0 Å². The van der Waals surface area contributed by atoms with Gasteiger partial charge in [-0.25, -0.2) is 0 Å². The Morgan fingerprint density at radius 3 is 2.47 bits per heavy atom. The van der Waals surface area contributed by atoms with Crippen LogP contribution >= 0.6 is 0 Å². The van der Waals surface area contributed by atoms with Crippen molar-refractivity contribution in [2.45, 2.75) is 26.2 Å². The summed E-state index contributed by atoms with van der Waals surface area (Å²) in [5.74, 6) is 2.21. The lowest BCUT2D eigenvalue weighted by Gasteiger charge is -2.12. The number of nitrogens with zero attached hydrogens (tertiary/aromatic N) is 4. The number of unbranched alkanes of at least 4 members (excludes halogenated alkanes) is 1. The van der Waals surface area contributed by atoms with Crippen molar-refractivity contribution >= 4 is 11.9 Å². The summed E-state index contributed by atoms with van der Waals surface area (Å²) in [6.45, 7) is 2.16. The van der Waals surface area contributed by atoms with Gasteiger partial charge in [0.05, 0.1) is 0 Å². The van der Waals surface area contributed by atoms with Crippen molar-refractivity contribution in [3.63, 3.8) is 0 Å². The first-order chi connectivity index (χ1) is 7.17. The molecule has 5 heteroatoms. The van der Waals surface area contributed by atoms with E-state index in [-0.39, 0.29) is 0 Å². The summed E-state index contributed by atoms with van der Waals surface area (Å²) < 4.78 is 0. The molecule has 5 nitrogen and oxygen atoms in total. The third kappa shape index (κ3) is 3.34. The molecule has 0 atom stereocenters. The molecule has 0 unspecified atom stereocenters. The van der Waals surface area contributed by atoms with Crippen molar-refractivity contribution in [2.24, 2.45) is 0 Å². The Hall–Kier alpha value is -1.39. The van der Waals surface area contributed by atoms with Gasteiger partial charge in [-0.15, -0.1) is 0 Å². The molecule has 1 rings (SSSR count). The van der Waals surface area contributed by atoms with E-state index in [1.807, 2.05) is 26.0 Å². The third-order valence-corrected chi connectivity index (χ3v) is 2.05. The normalized spacial score (nSPS) is 10.1. The Morgan fingerprint density at radius 1 is 1.20 bits per heavy atom. The number of aryl methyl sites for hydroxylation is 1. The lowest BCUT2D eigenvalue weighted by Crippen LogP contribution is -2.16. The zero-order chi connectivity index (χ0) is 11.3. The molecule has 0 saturated heterocycles. The summed E-state index contributed by atoms with van der Waals surface area (Å²) in [7, 11) is 5.68. The van der Waals surface area contributed by atoms with Crippen LogP contribution in [0, 0.1) is 0 Å². The monoisotopic (exact) mass is 209 g/mol. The quantitative estimate of drug-likeness (QED) is 0.792. The molecule has 84 valence electrons. The second-order valence-electron chi connectivity index (χ2n) is 3.62. The van der Waals surface area contributed by atoms with Gasteiger partial charge < -0.3 is 10.2 Å². The number of aromatic nitrogens is 3. The first-order valence-electron chi connectivity index (χ1n) is 5.27. The Morgan fingerprint density at radius 2 is 1.93 bits per heavy atom. The van der Waals surface area contributed by atoms with Crippen LogP contribution in [-0.2, 0) is 6.42 Å². The summed E-state index contributed by atoms with van der Waals surface area (Å²) in [6.07, 6.45) is 3.17. The van der Waals surface area contributed by atoms with Gasteiger partial charge in [-0.1, -0.05) is 13.3 Å². The minimum absolute atomic E-state index is 0.639. The van der Waals surface area contributed by atoms with E-state index < -0.39 is 0 Å². The van der Waals surface area contributed by atoms with Gasteiger partial charge in [0, 0.05) is 27.6 Å². The van der Waals surface area contributed by atoms with Gasteiger partial charge >= 0.3 is 0 Å². The van der Waals surface area contributed by atoms with E-state index >= 15 is 0 Å². The molecule has 0 fully saturated rings. The molecular formula is C10H19N5. The number of rotatable bonds is 5. The molecule has 0 saturated carbocycles. The van der Waals surface area contributed by atoms with Crippen molar-refractivity contribution in [2.75, 3.05) is 31.4 Å². The van der Waals surface area contributed by atoms with E-state index in [4.69, 9.17) is 0 Å². The second kappa shape index (κ2) is 5.48. The topological polar surface area (TPSA) is 53.9 Å². The smallest absolute Gasteiger partial charge is 0.229 e. The molecule has 15 heavy (non-hydrogen) atoms. The molecule has 1 aromatic rings. The summed E-state index contributed by atoms with van der Waals surface area (Å²) in [5.41, 5.74) is 0. The average molecular weight is 209 g/mol. The molecule has 1 heterocycles. The van der Waals surface area contributed by atoms with Crippen molar-refractivity contribution in [1.82, 2.24) is 15.0 Å². The molecule has 0 spiro atoms. The lowest BCUT2D eigenvalue weighted by molar-refractivity contribution is 0.743. The standard InChI is InChI=1S/C10H19N5/c1-5-6-7-8-12-9(11-2)14-10(13-8)15(3)4/h5-7H2,1-4H3,(H,11,12,13,14). The Bertz CT molecular complexity index is 311. The predicted molar refractivity (Wildman–Crippen MR) is 62.3 cm³/mol. The summed E-state index contributed by atoms with van der Waals surface area (Å²) in [5, 5.41) is 2.95. The number of nitrogens with one attached hydrogen (secondary N) is 1. The Kier molecular flexibility index (Phi) is 4.27. The van der Waals surface area contributed by atoms with Gasteiger partial charge in [-0.2, -0.15) is 15.0 Å². The molecule has 1 N–H and O–H groups in total. The van der Waals surface area contributed by atoms with Crippen LogP contribution in [0.2, 0.25) is 0 Å². The van der Waals surface area contributed by atoms with Crippen molar-refractivity contribution < 1.29 is 0 Å². The molecule has 0 amide bonds. The maximum Gasteiger partial charge on any atom is 0.229 e. The fraction of sp³-hybridized carbons (Fsp3) is 0.700. The van der Waals surface area contributed by atoms with Gasteiger partial charge in [-0.05, 0) is 6.42 Å². The number of hydrogen-bond acceptors (Lipinski definition) is 5. The highest BCUT2D eigenvalue weighted by atomic mass is 15.3. The van der Waals surface area contributed by atoms with Gasteiger partial charge in [-0.3, -0.25) is 0 Å². The third-order valence-electron chi connectivity index (χ3n) is 2.05. The van der Waals surface area contributed by atoms with E-state index in [2.05, 4.69) is 27.2 Å². The van der Waals surface area contributed by atoms with Crippen LogP contribution in [0.5, 0.6) is 0 Å². The maximum atomic E-state index is 4.38. The summed E-state index contributed by atoms with van der Waals surface area (Å²) in [6, 6.07) is 0. The van der Waals surface area contributed by atoms with Crippen molar-refractivity contribution in [3.8, 4) is 0 Å². The average Bonchev–Trinajstić information content (AvgIpc) is 2.25. The SMILES string of the molecule is CCCCc1nc(NC)nc(N(C)C)n1. The molecule has 0 radical (unpaired) electrons. The molecule has 1 aromatic heterocycles. The Labute approximate surface area is 91.0 Å². The molecule has 0 aliphatic carbocycles. The van der Waals surface area contributed by atoms with Crippen LogP contribution in [0.25, 0.3) is 0 Å². The van der Waals surface area contributed by atoms with Crippen LogP contribution in [0.3, 0.4) is 0 Å². The van der Waals surface area contributed by atoms with Gasteiger partial charge in [0.1, 0.15) is 5.82 Å². The molecule has 0 aromatic carbocycles. The molecular weight excluding hydrogens is 190 g/mol. The van der Waals surface area contributed by atoms with Crippen LogP contribution in [0.15, 0.2) is 0 Å². The van der Waals surface area contributed by atoms with Gasteiger partial charge in [0.2, 0.25) is 11.9 Å². The van der Waals surface area contributed by atoms with Crippen LogP contribution in [0.1, 0.15) is 25.6 Å². The van der Waals surface area contributed by atoms with Crippen LogP contribution in [-0.4, -0.2) is 36.1 Å². The highest BCUT2D eigenvalue weighted by molar-refractivity contribution is 5.35. The van der Waals surface area contributed by atoms with E-state index in [9.17, 15) is 0 Å². The van der Waals surface area contributed by atoms with Crippen molar-refractivity contribution in [3.05, 3.63) is 5.82 Å². The molecule has 0 aliphatic rings. The van der Waals surface area contributed by atoms with Crippen LogP contribution < -0.4 is 10.2 Å².